The number of aromatic hydroxyl groups is 1. The summed E-state index contributed by atoms with van der Waals surface area (Å²) in [5.74, 6) is 0.0645. The summed E-state index contributed by atoms with van der Waals surface area (Å²) in [6.07, 6.45) is 0. The summed E-state index contributed by atoms with van der Waals surface area (Å²) >= 11 is 23.8. The highest BCUT2D eigenvalue weighted by Gasteiger charge is 2.13. The molecule has 0 saturated carbocycles. The maximum atomic E-state index is 9.79. The predicted molar refractivity (Wildman–Crippen MR) is 73.6 cm³/mol. The summed E-state index contributed by atoms with van der Waals surface area (Å²) < 4.78 is 0. The first-order valence-corrected chi connectivity index (χ1v) is 6.13. The SMILES string of the molecule is Oc1ccc(Cl)cc1-c1cc(Cl)cc(Cl)c1Cl. The van der Waals surface area contributed by atoms with Crippen molar-refractivity contribution in [3.05, 3.63) is 50.4 Å². The Morgan fingerprint density at radius 3 is 2.12 bits per heavy atom. The zero-order valence-electron chi connectivity index (χ0n) is 8.35. The zero-order valence-corrected chi connectivity index (χ0v) is 11.4. The van der Waals surface area contributed by atoms with Gasteiger partial charge in [-0.25, -0.2) is 0 Å². The van der Waals surface area contributed by atoms with Crippen LogP contribution in [0, 0.1) is 0 Å². The molecule has 0 saturated heterocycles. The van der Waals surface area contributed by atoms with Gasteiger partial charge in [0.2, 0.25) is 0 Å². The van der Waals surface area contributed by atoms with Crippen molar-refractivity contribution in [3.8, 4) is 16.9 Å². The number of phenolic OH excluding ortho intramolecular Hbond substituents is 1. The third-order valence-electron chi connectivity index (χ3n) is 2.24. The molecule has 2 aromatic rings. The van der Waals surface area contributed by atoms with Crippen molar-refractivity contribution in [1.29, 1.82) is 0 Å². The van der Waals surface area contributed by atoms with E-state index in [9.17, 15) is 5.11 Å². The molecule has 5 heteroatoms. The molecular formula is C12H6Cl4O. The largest absolute Gasteiger partial charge is 0.507 e. The van der Waals surface area contributed by atoms with Crippen LogP contribution in [0.3, 0.4) is 0 Å². The number of benzene rings is 2. The third-order valence-corrected chi connectivity index (χ3v) is 3.50. The molecule has 0 heterocycles. The molecular weight excluding hydrogens is 302 g/mol. The maximum absolute atomic E-state index is 9.79. The summed E-state index contributed by atoms with van der Waals surface area (Å²) in [4.78, 5) is 0. The summed E-state index contributed by atoms with van der Waals surface area (Å²) in [6.45, 7) is 0. The van der Waals surface area contributed by atoms with Gasteiger partial charge in [-0.2, -0.15) is 0 Å². The highest BCUT2D eigenvalue weighted by Crippen LogP contribution is 2.40. The first-order valence-electron chi connectivity index (χ1n) is 4.62. The van der Waals surface area contributed by atoms with E-state index >= 15 is 0 Å². The van der Waals surface area contributed by atoms with Crippen LogP contribution in [-0.2, 0) is 0 Å². The molecule has 1 N–H and O–H groups in total. The highest BCUT2D eigenvalue weighted by molar-refractivity contribution is 6.45. The molecule has 2 rings (SSSR count). The van der Waals surface area contributed by atoms with E-state index in [1.807, 2.05) is 0 Å². The molecule has 0 spiro atoms. The van der Waals surface area contributed by atoms with Gasteiger partial charge >= 0.3 is 0 Å². The molecule has 0 aromatic heterocycles. The van der Waals surface area contributed by atoms with Crippen LogP contribution in [0.2, 0.25) is 20.1 Å². The highest BCUT2D eigenvalue weighted by atomic mass is 35.5. The van der Waals surface area contributed by atoms with Crippen LogP contribution in [0.15, 0.2) is 30.3 Å². The molecule has 0 aliphatic carbocycles. The number of rotatable bonds is 1. The Labute approximate surface area is 118 Å². The standard InChI is InChI=1S/C12H6Cl4O/c13-6-1-2-11(17)8(3-6)9-4-7(14)5-10(15)12(9)16/h1-5,17H. The quantitative estimate of drug-likeness (QED) is 0.673. The van der Waals surface area contributed by atoms with Crippen molar-refractivity contribution < 1.29 is 5.11 Å². The van der Waals surface area contributed by atoms with E-state index < -0.39 is 0 Å². The molecule has 0 unspecified atom stereocenters. The van der Waals surface area contributed by atoms with Gasteiger partial charge in [0, 0.05) is 21.2 Å². The van der Waals surface area contributed by atoms with Crippen LogP contribution in [0.1, 0.15) is 0 Å². The van der Waals surface area contributed by atoms with Crippen LogP contribution in [0.25, 0.3) is 11.1 Å². The Bertz CT molecular complexity index is 581. The minimum Gasteiger partial charge on any atom is -0.507 e. The summed E-state index contributed by atoms with van der Waals surface area (Å²) in [7, 11) is 0. The van der Waals surface area contributed by atoms with Gasteiger partial charge in [-0.15, -0.1) is 0 Å². The van der Waals surface area contributed by atoms with Gasteiger partial charge in [0.05, 0.1) is 10.0 Å². The Hall–Kier alpha value is -0.600. The molecule has 0 bridgehead atoms. The third kappa shape index (κ3) is 2.63. The second kappa shape index (κ2) is 4.95. The number of phenols is 1. The van der Waals surface area contributed by atoms with Gasteiger partial charge in [0.15, 0.2) is 0 Å². The minimum atomic E-state index is 0.0645. The summed E-state index contributed by atoms with van der Waals surface area (Å²) in [5, 5.41) is 11.4. The van der Waals surface area contributed by atoms with E-state index in [4.69, 9.17) is 46.4 Å². The Morgan fingerprint density at radius 1 is 0.765 bits per heavy atom. The van der Waals surface area contributed by atoms with Crippen molar-refractivity contribution in [2.24, 2.45) is 0 Å². The smallest absolute Gasteiger partial charge is 0.123 e. The van der Waals surface area contributed by atoms with Gasteiger partial charge < -0.3 is 5.11 Å². The lowest BCUT2D eigenvalue weighted by Gasteiger charge is -2.09. The molecule has 0 aliphatic heterocycles. The van der Waals surface area contributed by atoms with Crippen molar-refractivity contribution in [2.45, 2.75) is 0 Å². The molecule has 0 radical (unpaired) electrons. The van der Waals surface area contributed by atoms with Crippen LogP contribution in [0.4, 0.5) is 0 Å². The van der Waals surface area contributed by atoms with E-state index in [1.165, 1.54) is 12.1 Å². The fourth-order valence-electron chi connectivity index (χ4n) is 1.48. The van der Waals surface area contributed by atoms with E-state index in [0.717, 1.165) is 0 Å². The minimum absolute atomic E-state index is 0.0645. The van der Waals surface area contributed by atoms with Crippen LogP contribution in [0.5, 0.6) is 5.75 Å². The van der Waals surface area contributed by atoms with Crippen molar-refractivity contribution in [3.63, 3.8) is 0 Å². The average Bonchev–Trinajstić information content (AvgIpc) is 2.27. The second-order valence-electron chi connectivity index (χ2n) is 3.41. The van der Waals surface area contributed by atoms with E-state index in [-0.39, 0.29) is 5.75 Å². The maximum Gasteiger partial charge on any atom is 0.123 e. The van der Waals surface area contributed by atoms with Gasteiger partial charge in [-0.1, -0.05) is 46.4 Å². The topological polar surface area (TPSA) is 20.2 Å². The van der Waals surface area contributed by atoms with E-state index in [2.05, 4.69) is 0 Å². The summed E-state index contributed by atoms with van der Waals surface area (Å²) in [6, 6.07) is 7.84. The normalized spacial score (nSPS) is 10.6. The summed E-state index contributed by atoms with van der Waals surface area (Å²) in [5.41, 5.74) is 1.04. The van der Waals surface area contributed by atoms with Gasteiger partial charge in [0.25, 0.3) is 0 Å². The van der Waals surface area contributed by atoms with Crippen LogP contribution < -0.4 is 0 Å². The fourth-order valence-corrected chi connectivity index (χ4v) is 2.35. The monoisotopic (exact) mass is 306 g/mol. The number of halogens is 4. The second-order valence-corrected chi connectivity index (χ2v) is 5.07. The zero-order chi connectivity index (χ0) is 12.6. The lowest BCUT2D eigenvalue weighted by molar-refractivity contribution is 0.477. The molecule has 2 aromatic carbocycles. The van der Waals surface area contributed by atoms with E-state index in [0.29, 0.717) is 31.2 Å². The fraction of sp³-hybridized carbons (Fsp3) is 0. The Morgan fingerprint density at radius 2 is 1.41 bits per heavy atom. The van der Waals surface area contributed by atoms with Crippen LogP contribution >= 0.6 is 46.4 Å². The molecule has 0 atom stereocenters. The number of hydrogen-bond acceptors (Lipinski definition) is 1. The molecule has 0 aliphatic rings. The average molecular weight is 308 g/mol. The lowest BCUT2D eigenvalue weighted by atomic mass is 10.0. The van der Waals surface area contributed by atoms with Crippen molar-refractivity contribution >= 4 is 46.4 Å². The predicted octanol–water partition coefficient (Wildman–Crippen LogP) is 5.67. The first kappa shape index (κ1) is 12.8. The van der Waals surface area contributed by atoms with Crippen LogP contribution in [-0.4, -0.2) is 5.11 Å². The van der Waals surface area contributed by atoms with Gasteiger partial charge in [-0.05, 0) is 30.3 Å². The van der Waals surface area contributed by atoms with Gasteiger partial charge in [-0.3, -0.25) is 0 Å². The van der Waals surface area contributed by atoms with Crippen molar-refractivity contribution in [2.75, 3.05) is 0 Å². The molecule has 17 heavy (non-hydrogen) atoms. The number of hydrogen-bond donors (Lipinski definition) is 1. The Kier molecular flexibility index (Phi) is 3.74. The molecule has 1 nitrogen and oxygen atoms in total. The Balaban J connectivity index is 2.72. The first-order chi connectivity index (χ1) is 7.99. The lowest BCUT2D eigenvalue weighted by Crippen LogP contribution is -1.83. The molecule has 0 amide bonds. The van der Waals surface area contributed by atoms with Gasteiger partial charge in [0.1, 0.15) is 5.75 Å². The molecule has 0 fully saturated rings. The molecule has 88 valence electrons. The van der Waals surface area contributed by atoms with Crippen molar-refractivity contribution in [1.82, 2.24) is 0 Å². The van der Waals surface area contributed by atoms with E-state index in [1.54, 1.807) is 18.2 Å².